The fourth-order valence-corrected chi connectivity index (χ4v) is 4.19. The largest absolute Gasteiger partial charge is 0.360 e. The van der Waals surface area contributed by atoms with Gasteiger partial charge in [-0.1, -0.05) is 24.3 Å². The first-order valence-corrected chi connectivity index (χ1v) is 9.80. The van der Waals surface area contributed by atoms with E-state index in [0.29, 0.717) is 6.54 Å². The molecule has 0 amide bonds. The zero-order valence-corrected chi connectivity index (χ0v) is 18.5. The van der Waals surface area contributed by atoms with Crippen molar-refractivity contribution < 1.29 is 0 Å². The Bertz CT molecular complexity index is 883. The third kappa shape index (κ3) is 4.52. The second-order valence-electron chi connectivity index (χ2n) is 6.30. The van der Waals surface area contributed by atoms with Crippen molar-refractivity contribution in [1.29, 1.82) is 0 Å². The maximum absolute atomic E-state index is 4.56. The summed E-state index contributed by atoms with van der Waals surface area (Å²) in [5.74, 6) is 0.950. The van der Waals surface area contributed by atoms with Crippen LogP contribution in [0.1, 0.15) is 5.69 Å². The Labute approximate surface area is 181 Å². The van der Waals surface area contributed by atoms with Gasteiger partial charge in [0.1, 0.15) is 0 Å². The molecule has 0 spiro atoms. The smallest absolute Gasteiger partial charge is 0.194 e. The molecule has 0 aliphatic carbocycles. The SMILES string of the molecule is CN=C(NCc1nccc2ccccc12)N1CCN(c2cccs2)CC1.I. The fourth-order valence-electron chi connectivity index (χ4n) is 3.41. The number of nitrogens with zero attached hydrogens (tertiary/aromatic N) is 4. The molecule has 5 nitrogen and oxygen atoms in total. The van der Waals surface area contributed by atoms with Gasteiger partial charge in [0.2, 0.25) is 0 Å². The summed E-state index contributed by atoms with van der Waals surface area (Å²) >= 11 is 1.81. The van der Waals surface area contributed by atoms with Gasteiger partial charge < -0.3 is 15.1 Å². The van der Waals surface area contributed by atoms with Gasteiger partial charge in [-0.15, -0.1) is 35.3 Å². The number of guanidine groups is 1. The van der Waals surface area contributed by atoms with Crippen molar-refractivity contribution in [2.45, 2.75) is 6.54 Å². The van der Waals surface area contributed by atoms with E-state index in [0.717, 1.165) is 37.8 Å². The highest BCUT2D eigenvalue weighted by Crippen LogP contribution is 2.22. The predicted octanol–water partition coefficient (Wildman–Crippen LogP) is 3.81. The maximum atomic E-state index is 4.56. The summed E-state index contributed by atoms with van der Waals surface area (Å²) in [6, 6.07) is 14.7. The number of pyridine rings is 1. The van der Waals surface area contributed by atoms with Gasteiger partial charge in [-0.3, -0.25) is 9.98 Å². The number of hydrogen-bond donors (Lipinski definition) is 1. The fraction of sp³-hybridized carbons (Fsp3) is 0.300. The number of nitrogens with one attached hydrogen (secondary N) is 1. The molecule has 3 aromatic rings. The Hall–Kier alpha value is -1.87. The van der Waals surface area contributed by atoms with Gasteiger partial charge in [-0.25, -0.2) is 0 Å². The number of rotatable bonds is 3. The highest BCUT2D eigenvalue weighted by atomic mass is 127. The Kier molecular flexibility index (Phi) is 6.89. The molecule has 1 aliphatic rings. The topological polar surface area (TPSA) is 43.8 Å². The van der Waals surface area contributed by atoms with Crippen LogP contribution in [0, 0.1) is 0 Å². The number of fused-ring (bicyclic) bond motifs is 1. The normalized spacial score (nSPS) is 14.9. The molecule has 1 saturated heterocycles. The number of aliphatic imine (C=N–C) groups is 1. The average Bonchev–Trinajstić information content (AvgIpc) is 3.24. The van der Waals surface area contributed by atoms with Crippen molar-refractivity contribution in [3.05, 3.63) is 59.7 Å². The van der Waals surface area contributed by atoms with Crippen LogP contribution in [-0.4, -0.2) is 49.1 Å². The van der Waals surface area contributed by atoms with Crippen LogP contribution in [0.5, 0.6) is 0 Å². The summed E-state index contributed by atoms with van der Waals surface area (Å²) in [5, 5.41) is 9.40. The standard InChI is InChI=1S/C20H23N5S.HI/c1-21-20(25-12-10-24(11-13-25)19-7-4-14-26-19)23-15-18-17-6-3-2-5-16(17)8-9-22-18;/h2-9,14H,10-13,15H2,1H3,(H,21,23);1H. The van der Waals surface area contributed by atoms with Crippen molar-refractivity contribution >= 4 is 57.0 Å². The number of piperazine rings is 1. The number of thiophene rings is 1. The molecular weight excluding hydrogens is 469 g/mol. The maximum Gasteiger partial charge on any atom is 0.194 e. The molecule has 0 saturated carbocycles. The molecule has 1 aliphatic heterocycles. The third-order valence-electron chi connectivity index (χ3n) is 4.78. The molecule has 0 bridgehead atoms. The number of aromatic nitrogens is 1. The van der Waals surface area contributed by atoms with Crippen LogP contribution < -0.4 is 10.2 Å². The van der Waals surface area contributed by atoms with Crippen molar-refractivity contribution in [3.8, 4) is 0 Å². The highest BCUT2D eigenvalue weighted by molar-refractivity contribution is 14.0. The van der Waals surface area contributed by atoms with Gasteiger partial charge in [-0.05, 0) is 29.0 Å². The zero-order valence-electron chi connectivity index (χ0n) is 15.3. The van der Waals surface area contributed by atoms with E-state index in [1.807, 2.05) is 13.2 Å². The minimum absolute atomic E-state index is 0. The molecule has 2 aromatic heterocycles. The number of benzene rings is 1. The molecular formula is C20H24IN5S. The molecule has 0 radical (unpaired) electrons. The Morgan fingerprint density at radius 1 is 1.11 bits per heavy atom. The summed E-state index contributed by atoms with van der Waals surface area (Å²) in [6.07, 6.45) is 1.88. The van der Waals surface area contributed by atoms with Crippen molar-refractivity contribution in [1.82, 2.24) is 15.2 Å². The minimum atomic E-state index is 0. The second kappa shape index (κ2) is 9.36. The molecule has 1 aromatic carbocycles. The summed E-state index contributed by atoms with van der Waals surface area (Å²) in [4.78, 5) is 13.8. The van der Waals surface area contributed by atoms with Gasteiger partial charge in [-0.2, -0.15) is 0 Å². The van der Waals surface area contributed by atoms with E-state index in [9.17, 15) is 0 Å². The van der Waals surface area contributed by atoms with Gasteiger partial charge in [0, 0.05) is 44.8 Å². The molecule has 142 valence electrons. The average molecular weight is 493 g/mol. The van der Waals surface area contributed by atoms with Crippen molar-refractivity contribution in [2.24, 2.45) is 4.99 Å². The lowest BCUT2D eigenvalue weighted by Gasteiger charge is -2.37. The van der Waals surface area contributed by atoms with Crippen molar-refractivity contribution in [2.75, 3.05) is 38.1 Å². The van der Waals surface area contributed by atoms with E-state index in [1.54, 1.807) is 11.3 Å². The molecule has 1 N–H and O–H groups in total. The highest BCUT2D eigenvalue weighted by Gasteiger charge is 2.20. The number of halogens is 1. The van der Waals surface area contributed by atoms with Crippen LogP contribution in [0.4, 0.5) is 5.00 Å². The number of hydrogen-bond acceptors (Lipinski definition) is 4. The Balaban J connectivity index is 0.00000210. The molecule has 0 unspecified atom stereocenters. The molecule has 0 atom stereocenters. The first-order valence-electron chi connectivity index (χ1n) is 8.92. The number of anilines is 1. The summed E-state index contributed by atoms with van der Waals surface area (Å²) < 4.78 is 0. The molecule has 3 heterocycles. The van der Waals surface area contributed by atoms with Crippen LogP contribution in [0.15, 0.2) is 59.0 Å². The van der Waals surface area contributed by atoms with Gasteiger partial charge in [0.15, 0.2) is 5.96 Å². The minimum Gasteiger partial charge on any atom is -0.360 e. The lowest BCUT2D eigenvalue weighted by Crippen LogP contribution is -2.52. The van der Waals surface area contributed by atoms with Crippen LogP contribution in [-0.2, 0) is 6.54 Å². The van der Waals surface area contributed by atoms with Crippen molar-refractivity contribution in [3.63, 3.8) is 0 Å². The molecule has 27 heavy (non-hydrogen) atoms. The van der Waals surface area contributed by atoms with Gasteiger partial charge in [0.25, 0.3) is 0 Å². The Morgan fingerprint density at radius 3 is 2.67 bits per heavy atom. The lowest BCUT2D eigenvalue weighted by molar-refractivity contribution is 0.373. The predicted molar refractivity (Wildman–Crippen MR) is 125 cm³/mol. The summed E-state index contributed by atoms with van der Waals surface area (Å²) in [7, 11) is 1.85. The lowest BCUT2D eigenvalue weighted by atomic mass is 10.1. The van der Waals surface area contributed by atoms with E-state index in [4.69, 9.17) is 0 Å². The van der Waals surface area contributed by atoms with Gasteiger partial charge in [0.05, 0.1) is 17.2 Å². The van der Waals surface area contributed by atoms with Gasteiger partial charge >= 0.3 is 0 Å². The van der Waals surface area contributed by atoms with Crippen LogP contribution >= 0.6 is 35.3 Å². The quantitative estimate of drug-likeness (QED) is 0.343. The second-order valence-corrected chi connectivity index (χ2v) is 7.23. The van der Waals surface area contributed by atoms with E-state index >= 15 is 0 Å². The Morgan fingerprint density at radius 2 is 1.93 bits per heavy atom. The zero-order chi connectivity index (χ0) is 17.8. The molecule has 4 rings (SSSR count). The van der Waals surface area contributed by atoms with E-state index < -0.39 is 0 Å². The molecule has 7 heteroatoms. The third-order valence-corrected chi connectivity index (χ3v) is 5.71. The monoisotopic (exact) mass is 493 g/mol. The molecule has 1 fully saturated rings. The summed E-state index contributed by atoms with van der Waals surface area (Å²) in [6.45, 7) is 4.67. The van der Waals surface area contributed by atoms with E-state index in [1.165, 1.54) is 15.8 Å². The first-order chi connectivity index (χ1) is 12.8. The van der Waals surface area contributed by atoms with Crippen LogP contribution in [0.2, 0.25) is 0 Å². The van der Waals surface area contributed by atoms with E-state index in [-0.39, 0.29) is 24.0 Å². The van der Waals surface area contributed by atoms with Crippen LogP contribution in [0.3, 0.4) is 0 Å². The first kappa shape index (κ1) is 19.9. The summed E-state index contributed by atoms with van der Waals surface area (Å²) in [5.41, 5.74) is 1.06. The van der Waals surface area contributed by atoms with E-state index in [2.05, 4.69) is 72.9 Å². The van der Waals surface area contributed by atoms with Crippen LogP contribution in [0.25, 0.3) is 10.8 Å².